The maximum atomic E-state index is 5.90. The van der Waals surface area contributed by atoms with Gasteiger partial charge in [-0.05, 0) is 47.0 Å². The summed E-state index contributed by atoms with van der Waals surface area (Å²) >= 11 is 6.98. The van der Waals surface area contributed by atoms with E-state index in [4.69, 9.17) is 10.5 Å². The van der Waals surface area contributed by atoms with Crippen molar-refractivity contribution in [3.63, 3.8) is 0 Å². The van der Waals surface area contributed by atoms with Crippen LogP contribution in [0, 0.1) is 5.92 Å². The highest BCUT2D eigenvalue weighted by atomic mass is 79.9. The molecular weight excluding hydrogens is 322 g/mol. The first kappa shape index (κ1) is 11.4. The van der Waals surface area contributed by atoms with Gasteiger partial charge in [0.1, 0.15) is 5.75 Å². The van der Waals surface area contributed by atoms with E-state index in [0.29, 0.717) is 12.5 Å². The summed E-state index contributed by atoms with van der Waals surface area (Å²) in [4.78, 5) is 0. The molecule has 0 bridgehead atoms. The Kier molecular flexibility index (Phi) is 3.38. The van der Waals surface area contributed by atoms with Gasteiger partial charge in [0.25, 0.3) is 0 Å². The third-order valence-corrected chi connectivity index (χ3v) is 3.80. The number of ether oxygens (including phenoxy) is 1. The standard InChI is InChI=1S/C11H13Br2NO/c1-6(14)8-2-7-3-9(12)4-10(13)11(7)15-5-8/h3-4,6,8H,2,5,14H2,1H3/t6-,8?/m1/s1. The van der Waals surface area contributed by atoms with Crippen molar-refractivity contribution >= 4 is 31.9 Å². The van der Waals surface area contributed by atoms with Gasteiger partial charge in [0.2, 0.25) is 0 Å². The second kappa shape index (κ2) is 4.44. The molecule has 0 saturated heterocycles. The first-order valence-electron chi connectivity index (χ1n) is 4.94. The molecule has 2 atom stereocenters. The van der Waals surface area contributed by atoms with E-state index < -0.39 is 0 Å². The fourth-order valence-corrected chi connectivity index (χ4v) is 3.22. The maximum absolute atomic E-state index is 5.90. The Morgan fingerprint density at radius 3 is 2.87 bits per heavy atom. The van der Waals surface area contributed by atoms with Crippen molar-refractivity contribution in [1.82, 2.24) is 0 Å². The molecule has 0 fully saturated rings. The number of rotatable bonds is 1. The van der Waals surface area contributed by atoms with E-state index in [1.807, 2.05) is 13.0 Å². The van der Waals surface area contributed by atoms with Crippen LogP contribution in [0.15, 0.2) is 21.1 Å². The van der Waals surface area contributed by atoms with Crippen LogP contribution >= 0.6 is 31.9 Å². The smallest absolute Gasteiger partial charge is 0.136 e. The van der Waals surface area contributed by atoms with Crippen molar-refractivity contribution in [2.24, 2.45) is 11.7 Å². The minimum atomic E-state index is 0.177. The zero-order valence-electron chi connectivity index (χ0n) is 8.47. The number of benzene rings is 1. The number of hydrogen-bond donors (Lipinski definition) is 1. The van der Waals surface area contributed by atoms with Crippen LogP contribution < -0.4 is 10.5 Å². The minimum Gasteiger partial charge on any atom is -0.492 e. The van der Waals surface area contributed by atoms with Crippen LogP contribution in [0.4, 0.5) is 0 Å². The van der Waals surface area contributed by atoms with E-state index in [2.05, 4.69) is 37.9 Å². The maximum Gasteiger partial charge on any atom is 0.136 e. The molecule has 0 aliphatic carbocycles. The summed E-state index contributed by atoms with van der Waals surface area (Å²) in [5, 5.41) is 0. The van der Waals surface area contributed by atoms with Crippen LogP contribution in [0.5, 0.6) is 5.75 Å². The topological polar surface area (TPSA) is 35.2 Å². The molecule has 1 aliphatic heterocycles. The molecule has 2 N–H and O–H groups in total. The average Bonchev–Trinajstić information content (AvgIpc) is 2.16. The predicted octanol–water partition coefficient (Wildman–Crippen LogP) is 3.11. The van der Waals surface area contributed by atoms with E-state index in [1.54, 1.807) is 0 Å². The molecule has 1 aromatic rings. The largest absolute Gasteiger partial charge is 0.492 e. The molecule has 4 heteroatoms. The molecule has 15 heavy (non-hydrogen) atoms. The summed E-state index contributed by atoms with van der Waals surface area (Å²) in [5.41, 5.74) is 7.12. The van der Waals surface area contributed by atoms with E-state index >= 15 is 0 Å². The lowest BCUT2D eigenvalue weighted by atomic mass is 9.92. The second-order valence-corrected chi connectivity index (χ2v) is 5.78. The van der Waals surface area contributed by atoms with Crippen molar-refractivity contribution < 1.29 is 4.74 Å². The summed E-state index contributed by atoms with van der Waals surface area (Å²) in [7, 11) is 0. The molecule has 1 aromatic carbocycles. The van der Waals surface area contributed by atoms with Gasteiger partial charge in [-0.1, -0.05) is 15.9 Å². The Balaban J connectivity index is 2.33. The highest BCUT2D eigenvalue weighted by Crippen LogP contribution is 2.37. The summed E-state index contributed by atoms with van der Waals surface area (Å²) in [5.74, 6) is 1.38. The van der Waals surface area contributed by atoms with Crippen molar-refractivity contribution in [2.75, 3.05) is 6.61 Å². The summed E-state index contributed by atoms with van der Waals surface area (Å²) in [6, 6.07) is 4.29. The van der Waals surface area contributed by atoms with Crippen molar-refractivity contribution in [3.8, 4) is 5.75 Å². The monoisotopic (exact) mass is 333 g/mol. The predicted molar refractivity (Wildman–Crippen MR) is 68.2 cm³/mol. The molecule has 0 amide bonds. The van der Waals surface area contributed by atoms with Crippen LogP contribution in [0.3, 0.4) is 0 Å². The van der Waals surface area contributed by atoms with Gasteiger partial charge in [-0.15, -0.1) is 0 Å². The molecule has 2 rings (SSSR count). The van der Waals surface area contributed by atoms with Crippen LogP contribution in [-0.4, -0.2) is 12.6 Å². The highest BCUT2D eigenvalue weighted by Gasteiger charge is 2.24. The molecule has 0 aromatic heterocycles. The summed E-state index contributed by atoms with van der Waals surface area (Å²) in [6.07, 6.45) is 0.991. The lowest BCUT2D eigenvalue weighted by Gasteiger charge is -2.28. The molecule has 1 heterocycles. The van der Waals surface area contributed by atoms with Crippen LogP contribution in [0.1, 0.15) is 12.5 Å². The molecule has 0 saturated carbocycles. The van der Waals surface area contributed by atoms with Gasteiger partial charge < -0.3 is 10.5 Å². The van der Waals surface area contributed by atoms with E-state index in [0.717, 1.165) is 21.1 Å². The average molecular weight is 335 g/mol. The second-order valence-electron chi connectivity index (χ2n) is 4.01. The van der Waals surface area contributed by atoms with Gasteiger partial charge in [-0.3, -0.25) is 0 Å². The molecular formula is C11H13Br2NO. The Bertz CT molecular complexity index is 379. The fourth-order valence-electron chi connectivity index (χ4n) is 1.80. The Morgan fingerprint density at radius 2 is 2.20 bits per heavy atom. The third kappa shape index (κ3) is 2.37. The molecule has 82 valence electrons. The fraction of sp³-hybridized carbons (Fsp3) is 0.455. The zero-order chi connectivity index (χ0) is 11.0. The lowest BCUT2D eigenvalue weighted by molar-refractivity contribution is 0.203. The molecule has 1 unspecified atom stereocenters. The van der Waals surface area contributed by atoms with Gasteiger partial charge in [-0.25, -0.2) is 0 Å². The summed E-state index contributed by atoms with van der Waals surface area (Å²) < 4.78 is 7.82. The Morgan fingerprint density at radius 1 is 1.47 bits per heavy atom. The quantitative estimate of drug-likeness (QED) is 0.856. The minimum absolute atomic E-state index is 0.177. The van der Waals surface area contributed by atoms with E-state index in [-0.39, 0.29) is 6.04 Å². The molecule has 2 nitrogen and oxygen atoms in total. The van der Waals surface area contributed by atoms with Crippen LogP contribution in [-0.2, 0) is 6.42 Å². The van der Waals surface area contributed by atoms with E-state index in [9.17, 15) is 0 Å². The van der Waals surface area contributed by atoms with Crippen LogP contribution in [0.25, 0.3) is 0 Å². The lowest BCUT2D eigenvalue weighted by Crippen LogP contribution is -2.35. The van der Waals surface area contributed by atoms with Gasteiger partial charge in [0, 0.05) is 16.4 Å². The normalized spacial score (nSPS) is 21.7. The number of hydrogen-bond acceptors (Lipinski definition) is 2. The molecule has 1 aliphatic rings. The summed E-state index contributed by atoms with van der Waals surface area (Å²) in [6.45, 7) is 2.75. The van der Waals surface area contributed by atoms with Crippen molar-refractivity contribution in [3.05, 3.63) is 26.6 Å². The number of nitrogens with two attached hydrogens (primary N) is 1. The van der Waals surface area contributed by atoms with Crippen molar-refractivity contribution in [2.45, 2.75) is 19.4 Å². The number of fused-ring (bicyclic) bond motifs is 1. The van der Waals surface area contributed by atoms with Crippen LogP contribution in [0.2, 0.25) is 0 Å². The van der Waals surface area contributed by atoms with Crippen molar-refractivity contribution in [1.29, 1.82) is 0 Å². The van der Waals surface area contributed by atoms with E-state index in [1.165, 1.54) is 5.56 Å². The Labute approximate surface area is 106 Å². The first-order chi connectivity index (χ1) is 7.08. The van der Waals surface area contributed by atoms with Gasteiger partial charge in [-0.2, -0.15) is 0 Å². The van der Waals surface area contributed by atoms with Gasteiger partial charge >= 0.3 is 0 Å². The molecule has 0 radical (unpaired) electrons. The number of halogens is 2. The van der Waals surface area contributed by atoms with Gasteiger partial charge in [0.15, 0.2) is 0 Å². The van der Waals surface area contributed by atoms with Gasteiger partial charge in [0.05, 0.1) is 11.1 Å². The molecule has 0 spiro atoms. The zero-order valence-corrected chi connectivity index (χ0v) is 11.6. The Hall–Kier alpha value is -0.0600. The first-order valence-corrected chi connectivity index (χ1v) is 6.53. The highest BCUT2D eigenvalue weighted by molar-refractivity contribution is 9.11. The SMILES string of the molecule is C[C@@H](N)C1COc2c(Br)cc(Br)cc2C1. The third-order valence-electron chi connectivity index (χ3n) is 2.75.